The van der Waals surface area contributed by atoms with Gasteiger partial charge >= 0.3 is 12.1 Å². The van der Waals surface area contributed by atoms with Gasteiger partial charge in [-0.25, -0.2) is 9.83 Å². The van der Waals surface area contributed by atoms with Crippen molar-refractivity contribution in [3.63, 3.8) is 0 Å². The number of anilines is 2. The number of piperazine rings is 1. The van der Waals surface area contributed by atoms with Gasteiger partial charge in [-0.15, -0.1) is 0 Å². The number of amides is 1. The quantitative estimate of drug-likeness (QED) is 0.359. The summed E-state index contributed by atoms with van der Waals surface area (Å²) in [6.07, 6.45) is -2.09. The second-order valence-electron chi connectivity index (χ2n) is 9.98. The van der Waals surface area contributed by atoms with Crippen molar-refractivity contribution in [3.05, 3.63) is 53.5 Å². The zero-order chi connectivity index (χ0) is 29.4. The second-order valence-corrected chi connectivity index (χ2v) is 9.98. The Morgan fingerprint density at radius 1 is 1.07 bits per heavy atom. The topological polar surface area (TPSA) is 91.6 Å². The minimum Gasteiger partial charge on any atom is -0.491 e. The van der Waals surface area contributed by atoms with Crippen LogP contribution in [0.25, 0.3) is 4.85 Å². The lowest BCUT2D eigenvalue weighted by Crippen LogP contribution is -2.48. The van der Waals surface area contributed by atoms with Gasteiger partial charge < -0.3 is 19.7 Å². The van der Waals surface area contributed by atoms with Crippen LogP contribution in [0.5, 0.6) is 5.75 Å². The number of methoxy groups -OCH3 is 1. The molecule has 0 saturated carbocycles. The molecule has 41 heavy (non-hydrogen) atoms. The number of ether oxygens (including phenoxy) is 2. The molecule has 1 N–H and O–H groups in total. The highest BCUT2D eigenvalue weighted by Gasteiger charge is 2.34. The number of halogens is 3. The average molecular weight is 575 g/mol. The Kier molecular flexibility index (Phi) is 10.0. The monoisotopic (exact) mass is 574 g/mol. The first-order valence-corrected chi connectivity index (χ1v) is 13.4. The molecule has 2 aliphatic heterocycles. The molecule has 0 aliphatic carbocycles. The van der Waals surface area contributed by atoms with E-state index in [0.717, 1.165) is 38.8 Å². The van der Waals surface area contributed by atoms with Gasteiger partial charge in [-0.2, -0.15) is 13.2 Å². The van der Waals surface area contributed by atoms with Crippen LogP contribution in [-0.2, 0) is 20.5 Å². The molecule has 10 nitrogen and oxygen atoms in total. The molecule has 0 spiro atoms. The Morgan fingerprint density at radius 3 is 2.39 bits per heavy atom. The SMILES string of the molecule is [C-]#[N+]c1ccc(N2CCC(C(=O)Nc3ccc(OCCN4CCN(CC(=O)OC)CC4)cn3)CC2)cc1C(F)(F)F. The highest BCUT2D eigenvalue weighted by Crippen LogP contribution is 2.39. The molecule has 13 heteroatoms. The maximum absolute atomic E-state index is 13.3. The summed E-state index contributed by atoms with van der Waals surface area (Å²) in [7, 11) is 1.39. The van der Waals surface area contributed by atoms with Crippen molar-refractivity contribution < 1.29 is 32.2 Å². The number of nitrogens with zero attached hydrogens (tertiary/aromatic N) is 5. The number of benzene rings is 1. The summed E-state index contributed by atoms with van der Waals surface area (Å²) in [6, 6.07) is 7.13. The molecule has 2 aliphatic rings. The molecule has 0 bridgehead atoms. The van der Waals surface area contributed by atoms with Gasteiger partial charge in [-0.05, 0) is 37.1 Å². The minimum absolute atomic E-state index is 0.184. The summed E-state index contributed by atoms with van der Waals surface area (Å²) in [5.41, 5.74) is -0.980. The molecule has 0 atom stereocenters. The Bertz CT molecular complexity index is 1230. The van der Waals surface area contributed by atoms with Crippen LogP contribution in [0.15, 0.2) is 36.5 Å². The normalized spacial score (nSPS) is 17.1. The fraction of sp³-hybridized carbons (Fsp3) is 0.500. The van der Waals surface area contributed by atoms with Gasteiger partial charge in [-0.1, -0.05) is 6.07 Å². The summed E-state index contributed by atoms with van der Waals surface area (Å²) < 4.78 is 50.5. The Morgan fingerprint density at radius 2 is 1.78 bits per heavy atom. The van der Waals surface area contributed by atoms with E-state index < -0.39 is 17.4 Å². The first-order chi connectivity index (χ1) is 19.7. The zero-order valence-corrected chi connectivity index (χ0v) is 22.8. The Hall–Kier alpha value is -3.89. The number of hydrogen-bond donors (Lipinski definition) is 1. The predicted octanol–water partition coefficient (Wildman–Crippen LogP) is 3.68. The molecule has 4 rings (SSSR count). The summed E-state index contributed by atoms with van der Waals surface area (Å²) in [6.45, 7) is 12.6. The fourth-order valence-electron chi connectivity index (χ4n) is 4.92. The summed E-state index contributed by atoms with van der Waals surface area (Å²) in [5.74, 6) is 0.281. The first kappa shape index (κ1) is 30.1. The van der Waals surface area contributed by atoms with E-state index in [4.69, 9.17) is 16.0 Å². The highest BCUT2D eigenvalue weighted by atomic mass is 19.4. The molecule has 3 heterocycles. The minimum atomic E-state index is -4.61. The molecule has 2 fully saturated rings. The van der Waals surface area contributed by atoms with Crippen LogP contribution in [-0.4, -0.2) is 92.7 Å². The lowest BCUT2D eigenvalue weighted by molar-refractivity contribution is -0.142. The number of piperidine rings is 1. The largest absolute Gasteiger partial charge is 0.491 e. The van der Waals surface area contributed by atoms with Crippen molar-refractivity contribution in [2.75, 3.05) is 76.3 Å². The number of aromatic nitrogens is 1. The average Bonchev–Trinajstić information content (AvgIpc) is 2.98. The van der Waals surface area contributed by atoms with E-state index >= 15 is 0 Å². The van der Waals surface area contributed by atoms with Crippen molar-refractivity contribution in [2.24, 2.45) is 5.92 Å². The number of hydrogen-bond acceptors (Lipinski definition) is 8. The van der Waals surface area contributed by atoms with Gasteiger partial charge in [0, 0.05) is 57.4 Å². The van der Waals surface area contributed by atoms with Gasteiger partial charge in [0.1, 0.15) is 18.2 Å². The smallest absolute Gasteiger partial charge is 0.407 e. The molecule has 1 aromatic carbocycles. The van der Waals surface area contributed by atoms with Gasteiger partial charge in [0.05, 0.1) is 32.0 Å². The van der Waals surface area contributed by atoms with Crippen LogP contribution >= 0.6 is 0 Å². The maximum atomic E-state index is 13.3. The van der Waals surface area contributed by atoms with E-state index in [1.165, 1.54) is 19.2 Å². The van der Waals surface area contributed by atoms with E-state index in [1.54, 1.807) is 23.2 Å². The van der Waals surface area contributed by atoms with E-state index in [1.807, 2.05) is 0 Å². The number of carbonyl (C=O) groups is 2. The number of carbonyl (C=O) groups excluding carboxylic acids is 2. The number of esters is 1. The summed E-state index contributed by atoms with van der Waals surface area (Å²) in [4.78, 5) is 37.6. The van der Waals surface area contributed by atoms with Crippen molar-refractivity contribution in [1.82, 2.24) is 14.8 Å². The third-order valence-electron chi connectivity index (χ3n) is 7.35. The third-order valence-corrected chi connectivity index (χ3v) is 7.35. The van der Waals surface area contributed by atoms with E-state index in [9.17, 15) is 22.8 Å². The zero-order valence-electron chi connectivity index (χ0n) is 22.8. The molecular weight excluding hydrogens is 541 g/mol. The highest BCUT2D eigenvalue weighted by molar-refractivity contribution is 5.91. The molecule has 220 valence electrons. The molecular formula is C28H33F3N6O4. The van der Waals surface area contributed by atoms with Gasteiger partial charge in [0.25, 0.3) is 0 Å². The molecule has 2 saturated heterocycles. The van der Waals surface area contributed by atoms with Crippen molar-refractivity contribution >= 4 is 29.1 Å². The van der Waals surface area contributed by atoms with E-state index in [2.05, 4.69) is 24.9 Å². The van der Waals surface area contributed by atoms with Crippen LogP contribution < -0.4 is 15.0 Å². The first-order valence-electron chi connectivity index (χ1n) is 13.4. The third kappa shape index (κ3) is 8.31. The van der Waals surface area contributed by atoms with E-state index in [0.29, 0.717) is 56.3 Å². The van der Waals surface area contributed by atoms with Crippen LogP contribution in [0.3, 0.4) is 0 Å². The molecule has 0 radical (unpaired) electrons. The molecule has 1 amide bonds. The number of nitrogens with one attached hydrogen (secondary N) is 1. The van der Waals surface area contributed by atoms with Gasteiger partial charge in [0.2, 0.25) is 5.91 Å². The van der Waals surface area contributed by atoms with Crippen LogP contribution in [0.2, 0.25) is 0 Å². The van der Waals surface area contributed by atoms with Crippen molar-refractivity contribution in [2.45, 2.75) is 19.0 Å². The van der Waals surface area contributed by atoms with E-state index in [-0.39, 0.29) is 17.8 Å². The Labute approximate surface area is 236 Å². The molecule has 2 aromatic rings. The van der Waals surface area contributed by atoms with Crippen LogP contribution in [0.4, 0.5) is 30.4 Å². The number of pyridine rings is 1. The summed E-state index contributed by atoms with van der Waals surface area (Å²) in [5, 5.41) is 2.82. The maximum Gasteiger partial charge on any atom is 0.407 e. The van der Waals surface area contributed by atoms with Crippen LogP contribution in [0, 0.1) is 12.5 Å². The number of rotatable bonds is 9. The van der Waals surface area contributed by atoms with Gasteiger partial charge in [-0.3, -0.25) is 19.4 Å². The van der Waals surface area contributed by atoms with Crippen molar-refractivity contribution in [1.29, 1.82) is 0 Å². The molecule has 0 unspecified atom stereocenters. The fourth-order valence-corrected chi connectivity index (χ4v) is 4.92. The standard InChI is InChI=1S/C28H33F3N6O4/c1-32-24-5-3-21(17-23(24)28(29,30)31)37-9-7-20(8-10-37)27(39)34-25-6-4-22(18-33-25)41-16-15-35-11-13-36(14-12-35)19-26(38)40-2/h3-6,17-18,20H,7-16,19H2,2H3,(H,33,34,39). The summed E-state index contributed by atoms with van der Waals surface area (Å²) >= 11 is 0. The number of alkyl halides is 3. The second kappa shape index (κ2) is 13.6. The van der Waals surface area contributed by atoms with Gasteiger partial charge in [0.15, 0.2) is 5.69 Å². The molecule has 1 aromatic heterocycles. The Balaban J connectivity index is 1.18. The van der Waals surface area contributed by atoms with Crippen molar-refractivity contribution in [3.8, 4) is 5.75 Å². The lowest BCUT2D eigenvalue weighted by Gasteiger charge is -2.33. The lowest BCUT2D eigenvalue weighted by atomic mass is 9.95. The van der Waals surface area contributed by atoms with Crippen LogP contribution in [0.1, 0.15) is 18.4 Å². The predicted molar refractivity (Wildman–Crippen MR) is 146 cm³/mol.